The zero-order valence-corrected chi connectivity index (χ0v) is 12.1. The molecule has 1 unspecified atom stereocenters. The summed E-state index contributed by atoms with van der Waals surface area (Å²) in [6, 6.07) is -0.615. The van der Waals surface area contributed by atoms with Gasteiger partial charge in [-0.25, -0.2) is 0 Å². The maximum absolute atomic E-state index is 11.8. The topological polar surface area (TPSA) is 102 Å². The van der Waals surface area contributed by atoms with Gasteiger partial charge in [-0.2, -0.15) is 0 Å². The van der Waals surface area contributed by atoms with Crippen LogP contribution < -0.4 is 11.1 Å². The van der Waals surface area contributed by atoms with Crippen molar-refractivity contribution in [3.05, 3.63) is 0 Å². The number of carboxylic acid groups (broad SMARTS) is 1. The Bertz CT molecular complexity index is 290. The highest BCUT2D eigenvalue weighted by Gasteiger charge is 2.35. The third-order valence-corrected chi connectivity index (χ3v) is 3.61. The summed E-state index contributed by atoms with van der Waals surface area (Å²) in [4.78, 5) is 23.0. The Labute approximate surface area is 114 Å². The van der Waals surface area contributed by atoms with Crippen molar-refractivity contribution in [3.8, 4) is 0 Å². The quantitative estimate of drug-likeness (QED) is 0.510. The number of amides is 1. The molecule has 1 amide bonds. The van der Waals surface area contributed by atoms with Crippen molar-refractivity contribution in [1.29, 1.82) is 0 Å². The van der Waals surface area contributed by atoms with Crippen LogP contribution >= 0.6 is 0 Å². The van der Waals surface area contributed by atoms with Crippen LogP contribution in [0.2, 0.25) is 0 Å². The molecule has 0 saturated heterocycles. The molecule has 6 heteroatoms. The monoisotopic (exact) mass is 274 g/mol. The molecule has 0 aliphatic rings. The minimum atomic E-state index is -0.901. The smallest absolute Gasteiger partial charge is 0.311 e. The summed E-state index contributed by atoms with van der Waals surface area (Å²) in [6.45, 7) is 4.29. The molecule has 0 aromatic heterocycles. The van der Waals surface area contributed by atoms with Gasteiger partial charge in [-0.15, -0.1) is 0 Å². The summed E-state index contributed by atoms with van der Waals surface area (Å²) >= 11 is 0. The third-order valence-electron chi connectivity index (χ3n) is 3.61. The number of rotatable bonds is 10. The van der Waals surface area contributed by atoms with Crippen molar-refractivity contribution in [2.24, 2.45) is 11.1 Å². The van der Waals surface area contributed by atoms with Gasteiger partial charge in [-0.1, -0.05) is 13.8 Å². The number of nitrogens with one attached hydrogen (secondary N) is 1. The van der Waals surface area contributed by atoms with Gasteiger partial charge in [0.1, 0.15) is 0 Å². The fourth-order valence-corrected chi connectivity index (χ4v) is 1.84. The standard InChI is InChI=1S/C13H26N2O4/c1-4-13(5-2,12(17)18)9-15-11(16)10(14)7-6-8-19-3/h10H,4-9,14H2,1-3H3,(H,15,16)(H,17,18). The van der Waals surface area contributed by atoms with Crippen LogP contribution in [0.3, 0.4) is 0 Å². The fraction of sp³-hybridized carbons (Fsp3) is 0.846. The van der Waals surface area contributed by atoms with Gasteiger partial charge in [0.25, 0.3) is 0 Å². The first-order valence-electron chi connectivity index (χ1n) is 6.69. The maximum atomic E-state index is 11.8. The molecule has 0 fully saturated rings. The molecule has 0 rings (SSSR count). The van der Waals surface area contributed by atoms with E-state index in [1.54, 1.807) is 7.11 Å². The third kappa shape index (κ3) is 5.57. The molecular formula is C13H26N2O4. The molecule has 0 aliphatic heterocycles. The minimum Gasteiger partial charge on any atom is -0.481 e. The van der Waals surface area contributed by atoms with Gasteiger partial charge >= 0.3 is 5.97 Å². The highest BCUT2D eigenvalue weighted by Crippen LogP contribution is 2.25. The first kappa shape index (κ1) is 17.9. The molecule has 0 aromatic carbocycles. The predicted molar refractivity (Wildman–Crippen MR) is 72.7 cm³/mol. The minimum absolute atomic E-state index is 0.117. The Balaban J connectivity index is 4.29. The van der Waals surface area contributed by atoms with E-state index >= 15 is 0 Å². The molecule has 4 N–H and O–H groups in total. The normalized spacial score (nSPS) is 13.1. The van der Waals surface area contributed by atoms with Crippen LogP contribution in [0.25, 0.3) is 0 Å². The largest absolute Gasteiger partial charge is 0.481 e. The van der Waals surface area contributed by atoms with Gasteiger partial charge in [0, 0.05) is 20.3 Å². The lowest BCUT2D eigenvalue weighted by molar-refractivity contribution is -0.149. The molecule has 1 atom stereocenters. The molecule has 0 spiro atoms. The van der Waals surface area contributed by atoms with Crippen molar-refractivity contribution < 1.29 is 19.4 Å². The highest BCUT2D eigenvalue weighted by molar-refractivity contribution is 5.82. The number of carbonyl (C=O) groups excluding carboxylic acids is 1. The molecule has 0 aliphatic carbocycles. The van der Waals surface area contributed by atoms with E-state index in [4.69, 9.17) is 10.5 Å². The maximum Gasteiger partial charge on any atom is 0.311 e. The molecule has 112 valence electrons. The second kappa shape index (κ2) is 8.87. The van der Waals surface area contributed by atoms with E-state index < -0.39 is 17.4 Å². The molecule has 0 aromatic rings. The van der Waals surface area contributed by atoms with E-state index in [9.17, 15) is 14.7 Å². The first-order chi connectivity index (χ1) is 8.93. The lowest BCUT2D eigenvalue weighted by atomic mass is 9.82. The van der Waals surface area contributed by atoms with Crippen molar-refractivity contribution in [1.82, 2.24) is 5.32 Å². The Morgan fingerprint density at radius 3 is 2.37 bits per heavy atom. The summed E-state index contributed by atoms with van der Waals surface area (Å²) in [5.41, 5.74) is 4.83. The molecule has 0 saturated carbocycles. The van der Waals surface area contributed by atoms with Gasteiger partial charge in [0.15, 0.2) is 0 Å². The van der Waals surface area contributed by atoms with Crippen LogP contribution in [0.4, 0.5) is 0 Å². The number of nitrogens with two attached hydrogens (primary N) is 1. The summed E-state index contributed by atoms with van der Waals surface area (Å²) in [7, 11) is 1.59. The molecule has 0 bridgehead atoms. The second-order valence-electron chi connectivity index (χ2n) is 4.75. The summed E-state index contributed by atoms with van der Waals surface area (Å²) in [6.07, 6.45) is 2.17. The van der Waals surface area contributed by atoms with Crippen molar-refractivity contribution in [3.63, 3.8) is 0 Å². The van der Waals surface area contributed by atoms with Crippen LogP contribution in [0.15, 0.2) is 0 Å². The molecule has 0 radical (unpaired) electrons. The number of carboxylic acids is 1. The van der Waals surface area contributed by atoms with Gasteiger partial charge in [-0.3, -0.25) is 9.59 Å². The fourth-order valence-electron chi connectivity index (χ4n) is 1.84. The molecule has 6 nitrogen and oxygen atoms in total. The second-order valence-corrected chi connectivity index (χ2v) is 4.75. The molecule has 0 heterocycles. The highest BCUT2D eigenvalue weighted by atomic mass is 16.5. The number of aliphatic carboxylic acids is 1. The number of hydrogen-bond donors (Lipinski definition) is 3. The Morgan fingerprint density at radius 1 is 1.37 bits per heavy atom. The lowest BCUT2D eigenvalue weighted by Gasteiger charge is -2.27. The predicted octanol–water partition coefficient (Wildman–Crippen LogP) is 0.748. The zero-order valence-electron chi connectivity index (χ0n) is 12.1. The van der Waals surface area contributed by atoms with E-state index in [0.717, 1.165) is 0 Å². The van der Waals surface area contributed by atoms with Gasteiger partial charge in [-0.05, 0) is 25.7 Å². The van der Waals surface area contributed by atoms with Crippen LogP contribution in [-0.4, -0.2) is 43.3 Å². The molecular weight excluding hydrogens is 248 g/mol. The SMILES string of the molecule is CCC(CC)(CNC(=O)C(N)CCCOC)C(=O)O. The average Bonchev–Trinajstić information content (AvgIpc) is 2.40. The van der Waals surface area contributed by atoms with Gasteiger partial charge < -0.3 is 20.9 Å². The number of hydrogen-bond acceptors (Lipinski definition) is 4. The van der Waals surface area contributed by atoms with Crippen LogP contribution in [0.5, 0.6) is 0 Å². The van der Waals surface area contributed by atoms with E-state index in [2.05, 4.69) is 5.32 Å². The average molecular weight is 274 g/mol. The van der Waals surface area contributed by atoms with E-state index in [1.165, 1.54) is 0 Å². The zero-order chi connectivity index (χ0) is 14.9. The summed E-state index contributed by atoms with van der Waals surface area (Å²) in [5, 5.41) is 11.9. The number of carbonyl (C=O) groups is 2. The van der Waals surface area contributed by atoms with Gasteiger partial charge in [0.2, 0.25) is 5.91 Å². The first-order valence-corrected chi connectivity index (χ1v) is 6.69. The van der Waals surface area contributed by atoms with E-state index in [0.29, 0.717) is 32.3 Å². The number of ether oxygens (including phenoxy) is 1. The Kier molecular flexibility index (Phi) is 8.34. The van der Waals surface area contributed by atoms with Crippen LogP contribution in [0.1, 0.15) is 39.5 Å². The van der Waals surface area contributed by atoms with E-state index in [-0.39, 0.29) is 12.5 Å². The molecule has 19 heavy (non-hydrogen) atoms. The van der Waals surface area contributed by atoms with Crippen LogP contribution in [0, 0.1) is 5.41 Å². The summed E-state index contributed by atoms with van der Waals surface area (Å²) in [5.74, 6) is -1.19. The summed E-state index contributed by atoms with van der Waals surface area (Å²) < 4.78 is 4.89. The van der Waals surface area contributed by atoms with Gasteiger partial charge in [0.05, 0.1) is 11.5 Å². The van der Waals surface area contributed by atoms with Crippen molar-refractivity contribution in [2.45, 2.75) is 45.6 Å². The Hall–Kier alpha value is -1.14. The lowest BCUT2D eigenvalue weighted by Crippen LogP contribution is -2.47. The Morgan fingerprint density at radius 2 is 1.95 bits per heavy atom. The number of methoxy groups -OCH3 is 1. The van der Waals surface area contributed by atoms with Crippen molar-refractivity contribution in [2.75, 3.05) is 20.3 Å². The van der Waals surface area contributed by atoms with Crippen LogP contribution in [-0.2, 0) is 14.3 Å². The van der Waals surface area contributed by atoms with E-state index in [1.807, 2.05) is 13.8 Å². The van der Waals surface area contributed by atoms with Crippen molar-refractivity contribution >= 4 is 11.9 Å².